The van der Waals surface area contributed by atoms with E-state index in [1.54, 1.807) is 12.1 Å². The predicted octanol–water partition coefficient (Wildman–Crippen LogP) is 1.62. The predicted molar refractivity (Wildman–Crippen MR) is 63.8 cm³/mol. The highest BCUT2D eigenvalue weighted by molar-refractivity contribution is 5.75. The molecule has 4 heteroatoms. The molecule has 4 nitrogen and oxygen atoms in total. The average molecular weight is 232 g/mol. The van der Waals surface area contributed by atoms with Crippen molar-refractivity contribution in [3.63, 3.8) is 0 Å². The van der Waals surface area contributed by atoms with Crippen LogP contribution in [-0.2, 0) is 13.0 Å². The van der Waals surface area contributed by atoms with Crippen molar-refractivity contribution < 1.29 is 9.90 Å². The number of carbonyl (C=O) groups excluding carboxylic acids is 1. The first-order chi connectivity index (χ1) is 8.22. The molecule has 1 aromatic carbocycles. The number of nitrogens with zero attached hydrogens (tertiary/aromatic N) is 1. The van der Waals surface area contributed by atoms with E-state index in [9.17, 15) is 9.90 Å². The molecule has 0 spiro atoms. The van der Waals surface area contributed by atoms with Gasteiger partial charge in [-0.05, 0) is 42.5 Å². The Morgan fingerprint density at radius 2 is 2.18 bits per heavy atom. The first kappa shape index (κ1) is 10.4. The van der Waals surface area contributed by atoms with Crippen LogP contribution in [0.3, 0.4) is 0 Å². The molecule has 0 saturated heterocycles. The lowest BCUT2D eigenvalue weighted by atomic mass is 10.00. The topological polar surface area (TPSA) is 52.6 Å². The highest BCUT2D eigenvalue weighted by Gasteiger charge is 2.27. The zero-order valence-electron chi connectivity index (χ0n) is 9.65. The number of hydrogen-bond acceptors (Lipinski definition) is 2. The van der Waals surface area contributed by atoms with Gasteiger partial charge in [0.15, 0.2) is 0 Å². The number of carbonyl (C=O) groups is 1. The van der Waals surface area contributed by atoms with Gasteiger partial charge in [0.2, 0.25) is 0 Å². The van der Waals surface area contributed by atoms with Gasteiger partial charge in [0.05, 0.1) is 0 Å². The number of aromatic hydroxyl groups is 1. The third kappa shape index (κ3) is 2.20. The number of hydrogen-bond donors (Lipinski definition) is 2. The summed E-state index contributed by atoms with van der Waals surface area (Å²) in [6.45, 7) is 1.36. The van der Waals surface area contributed by atoms with Gasteiger partial charge < -0.3 is 15.3 Å². The van der Waals surface area contributed by atoms with Crippen molar-refractivity contribution >= 4 is 6.03 Å². The molecule has 2 N–H and O–H groups in total. The number of amides is 2. The minimum Gasteiger partial charge on any atom is -0.508 e. The molecular formula is C13H16N2O2. The van der Waals surface area contributed by atoms with Crippen molar-refractivity contribution in [3.05, 3.63) is 29.3 Å². The van der Waals surface area contributed by atoms with Crippen LogP contribution in [0.1, 0.15) is 24.0 Å². The van der Waals surface area contributed by atoms with Crippen LogP contribution in [0.25, 0.3) is 0 Å². The molecule has 0 atom stereocenters. The Balaban J connectivity index is 1.72. The lowest BCUT2D eigenvalue weighted by Crippen LogP contribution is -2.43. The molecule has 1 aliphatic carbocycles. The molecular weight excluding hydrogens is 216 g/mol. The number of benzene rings is 1. The van der Waals surface area contributed by atoms with Gasteiger partial charge in [-0.1, -0.05) is 6.07 Å². The van der Waals surface area contributed by atoms with E-state index in [0.717, 1.165) is 31.4 Å². The molecule has 1 fully saturated rings. The molecule has 2 amide bonds. The standard InChI is InChI=1S/C13H16N2O2/c16-12-4-1-9-5-6-15(8-10(9)7-12)13(17)14-11-2-3-11/h1,4,7,11,16H,2-3,5-6,8H2,(H,14,17). The minimum absolute atomic E-state index is 0.0292. The SMILES string of the molecule is O=C(NC1CC1)N1CCc2ccc(O)cc2C1. The molecule has 1 heterocycles. The maximum atomic E-state index is 11.9. The van der Waals surface area contributed by atoms with Gasteiger partial charge in [-0.3, -0.25) is 0 Å². The van der Waals surface area contributed by atoms with E-state index in [4.69, 9.17) is 0 Å². The summed E-state index contributed by atoms with van der Waals surface area (Å²) >= 11 is 0. The summed E-state index contributed by atoms with van der Waals surface area (Å²) in [5, 5.41) is 12.4. The second-order valence-electron chi connectivity index (χ2n) is 4.85. The first-order valence-electron chi connectivity index (χ1n) is 6.08. The summed E-state index contributed by atoms with van der Waals surface area (Å²) in [6.07, 6.45) is 3.08. The number of fused-ring (bicyclic) bond motifs is 1. The van der Waals surface area contributed by atoms with Crippen LogP contribution in [0, 0.1) is 0 Å². The van der Waals surface area contributed by atoms with E-state index < -0.39 is 0 Å². The number of nitrogens with one attached hydrogen (secondary N) is 1. The largest absolute Gasteiger partial charge is 0.508 e. The van der Waals surface area contributed by atoms with E-state index in [-0.39, 0.29) is 11.8 Å². The summed E-state index contributed by atoms with van der Waals surface area (Å²) in [4.78, 5) is 13.7. The van der Waals surface area contributed by atoms with Crippen molar-refractivity contribution in [1.29, 1.82) is 0 Å². The van der Waals surface area contributed by atoms with Crippen LogP contribution in [0.4, 0.5) is 4.79 Å². The van der Waals surface area contributed by atoms with Gasteiger partial charge in [0, 0.05) is 19.1 Å². The molecule has 90 valence electrons. The molecule has 1 aromatic rings. The van der Waals surface area contributed by atoms with E-state index in [0.29, 0.717) is 12.6 Å². The summed E-state index contributed by atoms with van der Waals surface area (Å²) in [5.41, 5.74) is 2.29. The number of urea groups is 1. The molecule has 2 aliphatic rings. The molecule has 1 aliphatic heterocycles. The third-order valence-corrected chi connectivity index (χ3v) is 3.39. The molecule has 17 heavy (non-hydrogen) atoms. The van der Waals surface area contributed by atoms with E-state index in [1.807, 2.05) is 11.0 Å². The molecule has 0 unspecified atom stereocenters. The molecule has 3 rings (SSSR count). The monoisotopic (exact) mass is 232 g/mol. The maximum absolute atomic E-state index is 11.9. The van der Waals surface area contributed by atoms with Crippen LogP contribution in [0.15, 0.2) is 18.2 Å². The molecule has 0 radical (unpaired) electrons. The zero-order valence-corrected chi connectivity index (χ0v) is 9.65. The van der Waals surface area contributed by atoms with Gasteiger partial charge >= 0.3 is 6.03 Å². The minimum atomic E-state index is 0.0292. The molecule has 0 aromatic heterocycles. The second kappa shape index (κ2) is 3.95. The number of phenolic OH excluding ortho intramolecular Hbond substituents is 1. The lowest BCUT2D eigenvalue weighted by molar-refractivity contribution is 0.192. The summed E-state index contributed by atoms with van der Waals surface area (Å²) < 4.78 is 0. The molecule has 0 bridgehead atoms. The number of rotatable bonds is 1. The third-order valence-electron chi connectivity index (χ3n) is 3.39. The van der Waals surface area contributed by atoms with Crippen molar-refractivity contribution in [3.8, 4) is 5.75 Å². The van der Waals surface area contributed by atoms with Crippen LogP contribution in [-0.4, -0.2) is 28.6 Å². The Morgan fingerprint density at radius 1 is 1.35 bits per heavy atom. The quantitative estimate of drug-likeness (QED) is 0.773. The maximum Gasteiger partial charge on any atom is 0.317 e. The fourth-order valence-corrected chi connectivity index (χ4v) is 2.21. The van der Waals surface area contributed by atoms with Crippen LogP contribution in [0.2, 0.25) is 0 Å². The average Bonchev–Trinajstić information content (AvgIpc) is 3.12. The first-order valence-corrected chi connectivity index (χ1v) is 6.08. The summed E-state index contributed by atoms with van der Waals surface area (Å²) in [6, 6.07) is 5.83. The Labute approximate surface area is 100 Å². The van der Waals surface area contributed by atoms with Gasteiger partial charge in [0.25, 0.3) is 0 Å². The highest BCUT2D eigenvalue weighted by atomic mass is 16.3. The van der Waals surface area contributed by atoms with Crippen LogP contribution < -0.4 is 5.32 Å². The van der Waals surface area contributed by atoms with Gasteiger partial charge in [-0.15, -0.1) is 0 Å². The summed E-state index contributed by atoms with van der Waals surface area (Å²) in [5.74, 6) is 0.271. The Kier molecular flexibility index (Phi) is 2.42. The van der Waals surface area contributed by atoms with Crippen LogP contribution in [0.5, 0.6) is 5.75 Å². The van der Waals surface area contributed by atoms with Crippen molar-refractivity contribution in [1.82, 2.24) is 10.2 Å². The van der Waals surface area contributed by atoms with E-state index in [2.05, 4.69) is 5.32 Å². The Morgan fingerprint density at radius 3 is 2.94 bits per heavy atom. The van der Waals surface area contributed by atoms with Gasteiger partial charge in [0.1, 0.15) is 5.75 Å². The van der Waals surface area contributed by atoms with Crippen LogP contribution >= 0.6 is 0 Å². The van der Waals surface area contributed by atoms with Crippen molar-refractivity contribution in [2.24, 2.45) is 0 Å². The Hall–Kier alpha value is -1.71. The Bertz CT molecular complexity index is 455. The number of phenols is 1. The lowest BCUT2D eigenvalue weighted by Gasteiger charge is -2.29. The highest BCUT2D eigenvalue weighted by Crippen LogP contribution is 2.24. The fraction of sp³-hybridized carbons (Fsp3) is 0.462. The van der Waals surface area contributed by atoms with Crippen molar-refractivity contribution in [2.45, 2.75) is 31.8 Å². The van der Waals surface area contributed by atoms with Crippen molar-refractivity contribution in [2.75, 3.05) is 6.54 Å². The zero-order chi connectivity index (χ0) is 11.8. The van der Waals surface area contributed by atoms with E-state index >= 15 is 0 Å². The van der Waals surface area contributed by atoms with E-state index in [1.165, 1.54) is 5.56 Å². The smallest absolute Gasteiger partial charge is 0.317 e. The fourth-order valence-electron chi connectivity index (χ4n) is 2.21. The van der Waals surface area contributed by atoms with Gasteiger partial charge in [-0.2, -0.15) is 0 Å². The van der Waals surface area contributed by atoms with Gasteiger partial charge in [-0.25, -0.2) is 4.79 Å². The normalized spacial score (nSPS) is 18.7. The molecule has 1 saturated carbocycles. The summed E-state index contributed by atoms with van der Waals surface area (Å²) in [7, 11) is 0. The second-order valence-corrected chi connectivity index (χ2v) is 4.85.